The van der Waals surface area contributed by atoms with Gasteiger partial charge in [0, 0.05) is 23.3 Å². The summed E-state index contributed by atoms with van der Waals surface area (Å²) in [5.74, 6) is -0.252. The number of hydrogen-bond donors (Lipinski definition) is 2. The topological polar surface area (TPSA) is 64.9 Å². The van der Waals surface area contributed by atoms with Gasteiger partial charge in [0.15, 0.2) is 0 Å². The van der Waals surface area contributed by atoms with Crippen LogP contribution in [0.25, 0.3) is 0 Å². The summed E-state index contributed by atoms with van der Waals surface area (Å²) in [6.07, 6.45) is 15.8. The number of rotatable bonds is 6. The minimum atomic E-state index is -0.252. The van der Waals surface area contributed by atoms with Crippen molar-refractivity contribution >= 4 is 21.8 Å². The van der Waals surface area contributed by atoms with Gasteiger partial charge >= 0.3 is 0 Å². The summed E-state index contributed by atoms with van der Waals surface area (Å²) in [7, 11) is 0. The number of benzene rings is 1. The van der Waals surface area contributed by atoms with Crippen molar-refractivity contribution in [3.8, 4) is 6.07 Å². The van der Waals surface area contributed by atoms with Crippen LogP contribution in [0, 0.1) is 11.3 Å². The maximum absolute atomic E-state index is 12.6. The lowest BCUT2D eigenvalue weighted by molar-refractivity contribution is -0.117. The van der Waals surface area contributed by atoms with Crippen LogP contribution in [0.1, 0.15) is 76.2 Å². The number of nitrogens with one attached hydrogen (secondary N) is 2. The van der Waals surface area contributed by atoms with Crippen molar-refractivity contribution < 1.29 is 4.79 Å². The first kappa shape index (κ1) is 23.5. The normalized spacial score (nSPS) is 17.4. The Kier molecular flexibility index (Phi) is 11.5. The fourth-order valence-electron chi connectivity index (χ4n) is 3.80. The van der Waals surface area contributed by atoms with Crippen LogP contribution in [-0.2, 0) is 11.2 Å². The zero-order valence-electron chi connectivity index (χ0n) is 17.4. The molecule has 0 atom stereocenters. The van der Waals surface area contributed by atoms with Crippen LogP contribution >= 0.6 is 15.9 Å². The molecule has 4 nitrogen and oxygen atoms in total. The molecule has 0 radical (unpaired) electrons. The van der Waals surface area contributed by atoms with Gasteiger partial charge in [-0.3, -0.25) is 4.79 Å². The molecule has 158 valence electrons. The Labute approximate surface area is 184 Å². The second-order valence-electron chi connectivity index (χ2n) is 7.90. The van der Waals surface area contributed by atoms with Gasteiger partial charge in [0.05, 0.1) is 0 Å². The molecule has 1 saturated carbocycles. The van der Waals surface area contributed by atoms with Gasteiger partial charge in [-0.1, -0.05) is 91.9 Å². The Balaban J connectivity index is 1.81. The number of nitriles is 1. The lowest BCUT2D eigenvalue weighted by atomic mass is 9.98. The third-order valence-corrected chi connectivity index (χ3v) is 6.32. The second kappa shape index (κ2) is 14.2. The van der Waals surface area contributed by atoms with Gasteiger partial charge in [-0.05, 0) is 30.9 Å². The van der Waals surface area contributed by atoms with Crippen LogP contribution < -0.4 is 10.6 Å². The number of amides is 1. The molecule has 5 heteroatoms. The number of carbonyl (C=O) groups excluding carboxylic acids is 1. The smallest absolute Gasteiger partial charge is 0.263 e. The lowest BCUT2D eigenvalue weighted by Crippen LogP contribution is -2.36. The van der Waals surface area contributed by atoms with Crippen LogP contribution in [0.5, 0.6) is 0 Å². The molecule has 0 aliphatic heterocycles. The summed E-state index contributed by atoms with van der Waals surface area (Å²) in [6, 6.07) is 10.3. The highest BCUT2D eigenvalue weighted by Gasteiger charge is 2.16. The fourth-order valence-corrected chi connectivity index (χ4v) is 4.28. The molecule has 1 aromatic rings. The van der Waals surface area contributed by atoms with Gasteiger partial charge in [0.25, 0.3) is 5.91 Å². The zero-order chi connectivity index (χ0) is 20.7. The maximum atomic E-state index is 12.6. The molecular weight excluding hydrogens is 426 g/mol. The average molecular weight is 460 g/mol. The van der Waals surface area contributed by atoms with Crippen molar-refractivity contribution in [3.63, 3.8) is 0 Å². The van der Waals surface area contributed by atoms with Gasteiger partial charge in [-0.25, -0.2) is 0 Å². The van der Waals surface area contributed by atoms with Gasteiger partial charge in [0.1, 0.15) is 11.6 Å². The van der Waals surface area contributed by atoms with Crippen LogP contribution in [0.2, 0.25) is 0 Å². The van der Waals surface area contributed by atoms with E-state index in [0.29, 0.717) is 6.54 Å². The highest BCUT2D eigenvalue weighted by atomic mass is 79.9. The summed E-state index contributed by atoms with van der Waals surface area (Å²) in [5.41, 5.74) is 1.35. The van der Waals surface area contributed by atoms with E-state index in [2.05, 4.69) is 32.6 Å². The van der Waals surface area contributed by atoms with E-state index in [1.54, 1.807) is 6.20 Å². The van der Waals surface area contributed by atoms with Gasteiger partial charge in [-0.15, -0.1) is 0 Å². The first-order chi connectivity index (χ1) is 14.2. The van der Waals surface area contributed by atoms with E-state index in [-0.39, 0.29) is 17.5 Å². The van der Waals surface area contributed by atoms with E-state index in [1.165, 1.54) is 50.5 Å². The van der Waals surface area contributed by atoms with Gasteiger partial charge < -0.3 is 10.6 Å². The Morgan fingerprint density at radius 2 is 1.62 bits per heavy atom. The molecule has 1 aliphatic rings. The number of carbonyl (C=O) groups is 1. The quantitative estimate of drug-likeness (QED) is 0.321. The first-order valence-corrected chi connectivity index (χ1v) is 11.9. The third kappa shape index (κ3) is 9.49. The molecule has 0 aromatic heterocycles. The SMILES string of the molecule is N#C/C(=C/NCCc1ccccc1Br)C(=O)NC1CCCCCCCCCCC1. The van der Waals surface area contributed by atoms with Crippen molar-refractivity contribution in [1.82, 2.24) is 10.6 Å². The predicted octanol–water partition coefficient (Wildman–Crippen LogP) is 5.78. The summed E-state index contributed by atoms with van der Waals surface area (Å²) in [5, 5.41) is 15.6. The molecule has 1 fully saturated rings. The summed E-state index contributed by atoms with van der Waals surface area (Å²) >= 11 is 3.54. The Hall–Kier alpha value is -1.80. The standard InChI is InChI=1S/C24H34BrN3O/c25-23-15-11-10-12-20(23)16-17-27-19-21(18-26)24(29)28-22-13-8-6-4-2-1-3-5-7-9-14-22/h10-12,15,19,22,27H,1-9,13-14,16-17H2,(H,28,29)/b21-19-. The number of hydrogen-bond acceptors (Lipinski definition) is 3. The average Bonchev–Trinajstić information content (AvgIpc) is 2.71. The van der Waals surface area contributed by atoms with Crippen LogP contribution in [0.3, 0.4) is 0 Å². The van der Waals surface area contributed by atoms with Crippen molar-refractivity contribution in [3.05, 3.63) is 46.1 Å². The fraction of sp³-hybridized carbons (Fsp3) is 0.583. The maximum Gasteiger partial charge on any atom is 0.263 e. The van der Waals surface area contributed by atoms with E-state index < -0.39 is 0 Å². The largest absolute Gasteiger partial charge is 0.389 e. The molecule has 0 saturated heterocycles. The molecule has 0 unspecified atom stereocenters. The first-order valence-electron chi connectivity index (χ1n) is 11.1. The Morgan fingerprint density at radius 3 is 2.21 bits per heavy atom. The molecule has 0 bridgehead atoms. The molecule has 2 rings (SSSR count). The molecule has 29 heavy (non-hydrogen) atoms. The monoisotopic (exact) mass is 459 g/mol. The highest BCUT2D eigenvalue weighted by Crippen LogP contribution is 2.18. The van der Waals surface area contributed by atoms with E-state index in [4.69, 9.17) is 0 Å². The minimum Gasteiger partial charge on any atom is -0.389 e. The van der Waals surface area contributed by atoms with E-state index in [9.17, 15) is 10.1 Å². The lowest BCUT2D eigenvalue weighted by Gasteiger charge is -2.19. The zero-order valence-corrected chi connectivity index (χ0v) is 19.0. The molecule has 2 N–H and O–H groups in total. The van der Waals surface area contributed by atoms with E-state index >= 15 is 0 Å². The highest BCUT2D eigenvalue weighted by molar-refractivity contribution is 9.10. The molecule has 1 amide bonds. The Bertz CT molecular complexity index is 684. The van der Waals surface area contributed by atoms with E-state index in [1.807, 2.05) is 24.3 Å². The van der Waals surface area contributed by atoms with Gasteiger partial charge in [-0.2, -0.15) is 5.26 Å². The van der Waals surface area contributed by atoms with Crippen molar-refractivity contribution in [2.24, 2.45) is 0 Å². The number of nitrogens with zero attached hydrogens (tertiary/aromatic N) is 1. The number of halogens is 1. The summed E-state index contributed by atoms with van der Waals surface area (Å²) in [4.78, 5) is 12.6. The third-order valence-electron chi connectivity index (χ3n) is 5.55. The van der Waals surface area contributed by atoms with Crippen molar-refractivity contribution in [2.45, 2.75) is 83.1 Å². The molecule has 0 heterocycles. The Morgan fingerprint density at radius 1 is 1.03 bits per heavy atom. The predicted molar refractivity (Wildman–Crippen MR) is 122 cm³/mol. The van der Waals surface area contributed by atoms with Crippen LogP contribution in [0.15, 0.2) is 40.5 Å². The summed E-state index contributed by atoms with van der Waals surface area (Å²) < 4.78 is 1.08. The van der Waals surface area contributed by atoms with Crippen molar-refractivity contribution in [2.75, 3.05) is 6.54 Å². The molecule has 0 spiro atoms. The minimum absolute atomic E-state index is 0.156. The van der Waals surface area contributed by atoms with E-state index in [0.717, 1.165) is 36.6 Å². The molecule has 1 aliphatic carbocycles. The van der Waals surface area contributed by atoms with Gasteiger partial charge in [0.2, 0.25) is 0 Å². The summed E-state index contributed by atoms with van der Waals surface area (Å²) in [6.45, 7) is 0.671. The van der Waals surface area contributed by atoms with Crippen molar-refractivity contribution in [1.29, 1.82) is 5.26 Å². The van der Waals surface area contributed by atoms with Crippen LogP contribution in [-0.4, -0.2) is 18.5 Å². The van der Waals surface area contributed by atoms with Crippen LogP contribution in [0.4, 0.5) is 0 Å². The molecular formula is C24H34BrN3O. The molecule has 1 aromatic carbocycles. The second-order valence-corrected chi connectivity index (χ2v) is 8.75.